The lowest BCUT2D eigenvalue weighted by Crippen LogP contribution is -2.57. The lowest BCUT2D eigenvalue weighted by atomic mass is 10.0. The average molecular weight is 576 g/mol. The number of amides is 4. The van der Waals surface area contributed by atoms with Crippen LogP contribution in [0.4, 0.5) is 0 Å². The summed E-state index contributed by atoms with van der Waals surface area (Å²) in [5.41, 5.74) is 18.0. The number of hydrogen-bond acceptors (Lipinski definition) is 8. The summed E-state index contributed by atoms with van der Waals surface area (Å²) in [6, 6.07) is 1.91. The zero-order valence-electron chi connectivity index (χ0n) is 22.4. The van der Waals surface area contributed by atoms with Crippen molar-refractivity contribution in [2.24, 2.45) is 17.2 Å². The minimum atomic E-state index is -1.70. The molecule has 15 nitrogen and oxygen atoms in total. The highest BCUT2D eigenvalue weighted by atomic mass is 16.4. The lowest BCUT2D eigenvalue weighted by molar-refractivity contribution is -0.144. The fourth-order valence-electron chi connectivity index (χ4n) is 4.13. The summed E-state index contributed by atoms with van der Waals surface area (Å²) in [6.07, 6.45) is 1.58. The number of H-pyrrole nitrogens is 1. The van der Waals surface area contributed by atoms with Crippen LogP contribution in [0.5, 0.6) is 0 Å². The number of fused-ring (bicyclic) bond motifs is 1. The number of benzene rings is 1. The Kier molecular flexibility index (Phi) is 12.7. The van der Waals surface area contributed by atoms with Gasteiger partial charge in [-0.3, -0.25) is 24.0 Å². The Bertz CT molecular complexity index is 1250. The number of carbonyl (C=O) groups is 6. The van der Waals surface area contributed by atoms with Crippen LogP contribution in [0.25, 0.3) is 10.9 Å². The fourth-order valence-corrected chi connectivity index (χ4v) is 4.13. The maximum atomic E-state index is 13.5. The number of hydrogen-bond donors (Lipinski definition) is 9. The number of aliphatic carboxylic acids is 2. The average Bonchev–Trinajstić information content (AvgIpc) is 3.32. The Labute approximate surface area is 235 Å². The first-order valence-electron chi connectivity index (χ1n) is 13.1. The molecule has 1 aromatic carbocycles. The van der Waals surface area contributed by atoms with Crippen molar-refractivity contribution in [2.75, 3.05) is 6.54 Å². The Balaban J connectivity index is 2.30. The molecule has 1 heterocycles. The van der Waals surface area contributed by atoms with Gasteiger partial charge in [-0.2, -0.15) is 0 Å². The van der Waals surface area contributed by atoms with Gasteiger partial charge in [-0.05, 0) is 37.4 Å². The normalized spacial score (nSPS) is 13.9. The molecule has 0 aliphatic heterocycles. The van der Waals surface area contributed by atoms with E-state index in [0.717, 1.165) is 10.9 Å². The van der Waals surface area contributed by atoms with E-state index in [1.54, 1.807) is 12.3 Å². The van der Waals surface area contributed by atoms with E-state index in [2.05, 4.69) is 20.9 Å². The van der Waals surface area contributed by atoms with Gasteiger partial charge in [0.15, 0.2) is 0 Å². The first-order valence-corrected chi connectivity index (χ1v) is 13.1. The topological polar surface area (TPSA) is 273 Å². The fraction of sp³-hybridized carbons (Fsp3) is 0.462. The van der Waals surface area contributed by atoms with Crippen LogP contribution >= 0.6 is 0 Å². The van der Waals surface area contributed by atoms with E-state index in [1.807, 2.05) is 18.2 Å². The molecule has 2 aromatic rings. The van der Waals surface area contributed by atoms with Crippen LogP contribution in [0.1, 0.15) is 44.1 Å². The van der Waals surface area contributed by atoms with Crippen LogP contribution in [0.15, 0.2) is 30.5 Å². The number of carboxylic acids is 2. The smallest absolute Gasteiger partial charge is 0.326 e. The van der Waals surface area contributed by atoms with E-state index in [-0.39, 0.29) is 6.42 Å². The van der Waals surface area contributed by atoms with E-state index in [0.29, 0.717) is 31.4 Å². The number of nitrogens with one attached hydrogen (secondary N) is 4. The third-order valence-electron chi connectivity index (χ3n) is 6.34. The first kappa shape index (κ1) is 32.7. The molecule has 12 N–H and O–H groups in total. The summed E-state index contributed by atoms with van der Waals surface area (Å²) in [5, 5.41) is 26.4. The van der Waals surface area contributed by atoms with E-state index >= 15 is 0 Å². The molecule has 0 aliphatic rings. The summed E-state index contributed by atoms with van der Waals surface area (Å²) < 4.78 is 0. The number of aromatic nitrogens is 1. The number of unbranched alkanes of at least 4 members (excludes halogenated alkanes) is 1. The summed E-state index contributed by atoms with van der Waals surface area (Å²) in [7, 11) is 0. The molecule has 224 valence electrons. The van der Waals surface area contributed by atoms with E-state index in [9.17, 15) is 33.9 Å². The maximum Gasteiger partial charge on any atom is 0.326 e. The van der Waals surface area contributed by atoms with Crippen molar-refractivity contribution in [1.82, 2.24) is 20.9 Å². The van der Waals surface area contributed by atoms with Gasteiger partial charge in [0, 0.05) is 29.9 Å². The predicted octanol–water partition coefficient (Wildman–Crippen LogP) is -1.55. The van der Waals surface area contributed by atoms with Crippen molar-refractivity contribution in [3.8, 4) is 0 Å². The second-order valence-electron chi connectivity index (χ2n) is 9.58. The van der Waals surface area contributed by atoms with E-state index < -0.39 is 79.0 Å². The van der Waals surface area contributed by atoms with Gasteiger partial charge in [-0.15, -0.1) is 0 Å². The van der Waals surface area contributed by atoms with Gasteiger partial charge in [-0.1, -0.05) is 24.6 Å². The van der Waals surface area contributed by atoms with Gasteiger partial charge in [-0.25, -0.2) is 4.79 Å². The van der Waals surface area contributed by atoms with Crippen LogP contribution in [0.3, 0.4) is 0 Å². The molecule has 0 aliphatic carbocycles. The molecule has 15 heteroatoms. The third-order valence-corrected chi connectivity index (χ3v) is 6.34. The maximum absolute atomic E-state index is 13.5. The molecule has 0 bridgehead atoms. The summed E-state index contributed by atoms with van der Waals surface area (Å²) >= 11 is 0. The van der Waals surface area contributed by atoms with Crippen molar-refractivity contribution in [3.63, 3.8) is 0 Å². The molecular weight excluding hydrogens is 538 g/mol. The summed E-state index contributed by atoms with van der Waals surface area (Å²) in [5.74, 6) is -6.28. The minimum absolute atomic E-state index is 0.0101. The Morgan fingerprint density at radius 1 is 0.854 bits per heavy atom. The van der Waals surface area contributed by atoms with Crippen molar-refractivity contribution in [2.45, 2.75) is 69.1 Å². The number of nitrogens with two attached hydrogens (primary N) is 3. The number of carboxylic acid groups (broad SMARTS) is 2. The number of aromatic amines is 1. The van der Waals surface area contributed by atoms with Crippen LogP contribution in [0, 0.1) is 0 Å². The molecule has 1 aromatic heterocycles. The zero-order valence-corrected chi connectivity index (χ0v) is 22.4. The molecule has 0 saturated carbocycles. The number of carbonyl (C=O) groups excluding carboxylic acids is 4. The van der Waals surface area contributed by atoms with Crippen molar-refractivity contribution < 1.29 is 39.0 Å². The molecule has 0 saturated heterocycles. The monoisotopic (exact) mass is 575 g/mol. The molecule has 0 fully saturated rings. The number of para-hydroxylation sites is 1. The predicted molar refractivity (Wildman–Crippen MR) is 147 cm³/mol. The molecule has 41 heavy (non-hydrogen) atoms. The second-order valence-corrected chi connectivity index (χ2v) is 9.58. The lowest BCUT2D eigenvalue weighted by Gasteiger charge is -2.25. The van der Waals surface area contributed by atoms with Gasteiger partial charge in [0.05, 0.1) is 12.5 Å². The third kappa shape index (κ3) is 10.5. The Morgan fingerprint density at radius 3 is 2.12 bits per heavy atom. The highest BCUT2D eigenvalue weighted by Crippen LogP contribution is 2.19. The molecule has 4 unspecified atom stereocenters. The van der Waals surface area contributed by atoms with Gasteiger partial charge >= 0.3 is 11.9 Å². The van der Waals surface area contributed by atoms with Crippen LogP contribution in [-0.4, -0.2) is 81.5 Å². The molecule has 0 radical (unpaired) electrons. The Morgan fingerprint density at radius 2 is 1.49 bits per heavy atom. The standard InChI is InChI=1S/C26H37N7O8/c27-10-4-3-6-16(28)23(37)32-19(11-14-13-30-17-7-2-1-5-15(14)17)25(39)31-18(8-9-22(35)36)24(38)33-20(26(40)41)12-21(29)34/h1-2,5,7,13,16,18-20,30H,3-4,6,8-12,27-28H2,(H2,29,34)(H,31,39)(H,32,37)(H,33,38)(H,35,36)(H,40,41). The van der Waals surface area contributed by atoms with Gasteiger partial charge in [0.1, 0.15) is 18.1 Å². The van der Waals surface area contributed by atoms with Crippen molar-refractivity contribution in [1.29, 1.82) is 0 Å². The van der Waals surface area contributed by atoms with Crippen LogP contribution in [0.2, 0.25) is 0 Å². The van der Waals surface area contributed by atoms with Crippen LogP contribution in [-0.2, 0) is 35.2 Å². The largest absolute Gasteiger partial charge is 0.481 e. The molecule has 4 atom stereocenters. The molecule has 4 amide bonds. The minimum Gasteiger partial charge on any atom is -0.481 e. The van der Waals surface area contributed by atoms with Crippen molar-refractivity contribution >= 4 is 46.5 Å². The van der Waals surface area contributed by atoms with Gasteiger partial charge in [0.25, 0.3) is 0 Å². The van der Waals surface area contributed by atoms with Crippen LogP contribution < -0.4 is 33.2 Å². The molecular formula is C26H37N7O8. The summed E-state index contributed by atoms with van der Waals surface area (Å²) in [4.78, 5) is 76.3. The van der Waals surface area contributed by atoms with Crippen molar-refractivity contribution in [3.05, 3.63) is 36.0 Å². The van der Waals surface area contributed by atoms with Gasteiger partial charge in [0.2, 0.25) is 23.6 Å². The highest BCUT2D eigenvalue weighted by Gasteiger charge is 2.31. The van der Waals surface area contributed by atoms with E-state index in [1.165, 1.54) is 0 Å². The number of rotatable bonds is 18. The quantitative estimate of drug-likeness (QED) is 0.0922. The second kappa shape index (κ2) is 15.9. The highest BCUT2D eigenvalue weighted by molar-refractivity contribution is 5.95. The summed E-state index contributed by atoms with van der Waals surface area (Å²) in [6.45, 7) is 0.432. The molecule has 2 rings (SSSR count). The Hall–Kier alpha value is -4.50. The molecule has 0 spiro atoms. The first-order chi connectivity index (χ1) is 19.4. The van der Waals surface area contributed by atoms with E-state index in [4.69, 9.17) is 22.3 Å². The zero-order chi connectivity index (χ0) is 30.5. The SMILES string of the molecule is NCCCCC(N)C(=O)NC(Cc1c[nH]c2ccccc12)C(=O)NC(CCC(=O)O)C(=O)NC(CC(N)=O)C(=O)O. The number of primary amides is 1. The van der Waals surface area contributed by atoms with Gasteiger partial charge < -0.3 is 48.3 Å².